The van der Waals surface area contributed by atoms with Crippen LogP contribution in [-0.2, 0) is 4.74 Å². The van der Waals surface area contributed by atoms with Gasteiger partial charge in [-0.05, 0) is 25.2 Å². The summed E-state index contributed by atoms with van der Waals surface area (Å²) in [5, 5.41) is 9.32. The van der Waals surface area contributed by atoms with Gasteiger partial charge in [0.1, 0.15) is 0 Å². The molecule has 1 rings (SSSR count). The van der Waals surface area contributed by atoms with Crippen LogP contribution in [0.2, 0.25) is 0 Å². The standard InChI is InChI=1S/C9H15F3O2/c10-9(11,12)3-1-8(13)5-7-2-4-14-6-7/h7-8,13H,1-6H2. The number of aliphatic hydroxyl groups excluding tert-OH is 1. The Labute approximate surface area is 81.1 Å². The third-order valence-corrected chi connectivity index (χ3v) is 2.39. The van der Waals surface area contributed by atoms with E-state index in [0.717, 1.165) is 6.42 Å². The molecule has 1 saturated heterocycles. The molecule has 2 unspecified atom stereocenters. The summed E-state index contributed by atoms with van der Waals surface area (Å²) in [7, 11) is 0. The second-order valence-corrected chi connectivity index (χ2v) is 3.77. The Balaban J connectivity index is 2.12. The van der Waals surface area contributed by atoms with Gasteiger partial charge in [-0.1, -0.05) is 0 Å². The van der Waals surface area contributed by atoms with Crippen molar-refractivity contribution in [1.29, 1.82) is 0 Å². The number of ether oxygens (including phenoxy) is 1. The van der Waals surface area contributed by atoms with Gasteiger partial charge in [0.25, 0.3) is 0 Å². The van der Waals surface area contributed by atoms with E-state index in [4.69, 9.17) is 4.74 Å². The van der Waals surface area contributed by atoms with Crippen LogP contribution in [0.1, 0.15) is 25.7 Å². The molecular weight excluding hydrogens is 197 g/mol. The van der Waals surface area contributed by atoms with Gasteiger partial charge in [-0.3, -0.25) is 0 Å². The van der Waals surface area contributed by atoms with E-state index in [0.29, 0.717) is 19.6 Å². The van der Waals surface area contributed by atoms with Crippen molar-refractivity contribution in [3.05, 3.63) is 0 Å². The predicted molar refractivity (Wildman–Crippen MR) is 44.8 cm³/mol. The van der Waals surface area contributed by atoms with Crippen molar-refractivity contribution >= 4 is 0 Å². The molecule has 1 heterocycles. The summed E-state index contributed by atoms with van der Waals surface area (Å²) in [4.78, 5) is 0. The molecule has 0 aromatic rings. The monoisotopic (exact) mass is 212 g/mol. The Morgan fingerprint density at radius 2 is 2.14 bits per heavy atom. The highest BCUT2D eigenvalue weighted by molar-refractivity contribution is 4.69. The first-order valence-electron chi connectivity index (χ1n) is 4.80. The highest BCUT2D eigenvalue weighted by Gasteiger charge is 2.29. The summed E-state index contributed by atoms with van der Waals surface area (Å²) in [6.45, 7) is 1.24. The van der Waals surface area contributed by atoms with Crippen LogP contribution in [0.15, 0.2) is 0 Å². The number of alkyl halides is 3. The fourth-order valence-electron chi connectivity index (χ4n) is 1.60. The lowest BCUT2D eigenvalue weighted by Crippen LogP contribution is -2.17. The molecule has 0 saturated carbocycles. The second-order valence-electron chi connectivity index (χ2n) is 3.77. The van der Waals surface area contributed by atoms with E-state index in [1.54, 1.807) is 0 Å². The third kappa shape index (κ3) is 4.81. The largest absolute Gasteiger partial charge is 0.393 e. The highest BCUT2D eigenvalue weighted by Crippen LogP contribution is 2.25. The maximum Gasteiger partial charge on any atom is 0.389 e. The molecule has 1 aliphatic heterocycles. The van der Waals surface area contributed by atoms with Crippen LogP contribution >= 0.6 is 0 Å². The Hall–Kier alpha value is -0.290. The first-order valence-corrected chi connectivity index (χ1v) is 4.80. The van der Waals surface area contributed by atoms with Gasteiger partial charge in [-0.25, -0.2) is 0 Å². The molecule has 1 N–H and O–H groups in total. The minimum absolute atomic E-state index is 0.194. The topological polar surface area (TPSA) is 29.5 Å². The van der Waals surface area contributed by atoms with Crippen molar-refractivity contribution in [3.8, 4) is 0 Å². The molecule has 14 heavy (non-hydrogen) atoms. The van der Waals surface area contributed by atoms with Crippen molar-refractivity contribution in [2.45, 2.75) is 38.0 Å². The Bertz CT molecular complexity index is 164. The lowest BCUT2D eigenvalue weighted by Gasteiger charge is -2.15. The number of hydrogen-bond donors (Lipinski definition) is 1. The average Bonchev–Trinajstić information content (AvgIpc) is 2.52. The molecule has 0 radical (unpaired) electrons. The van der Waals surface area contributed by atoms with E-state index in [2.05, 4.69) is 0 Å². The molecule has 0 aromatic carbocycles. The number of hydrogen-bond acceptors (Lipinski definition) is 2. The molecule has 0 aromatic heterocycles. The molecular formula is C9H15F3O2. The van der Waals surface area contributed by atoms with E-state index in [1.165, 1.54) is 0 Å². The van der Waals surface area contributed by atoms with E-state index in [-0.39, 0.29) is 12.3 Å². The average molecular weight is 212 g/mol. The van der Waals surface area contributed by atoms with Crippen molar-refractivity contribution < 1.29 is 23.0 Å². The normalized spacial score (nSPS) is 25.3. The number of aliphatic hydroxyl groups is 1. The van der Waals surface area contributed by atoms with Gasteiger partial charge >= 0.3 is 6.18 Å². The van der Waals surface area contributed by atoms with Gasteiger partial charge in [0.05, 0.1) is 6.10 Å². The maximum atomic E-state index is 11.8. The van der Waals surface area contributed by atoms with E-state index < -0.39 is 18.7 Å². The number of rotatable bonds is 4. The zero-order valence-electron chi connectivity index (χ0n) is 7.89. The molecule has 1 aliphatic rings. The molecule has 0 bridgehead atoms. The summed E-state index contributed by atoms with van der Waals surface area (Å²) >= 11 is 0. The van der Waals surface area contributed by atoms with Crippen LogP contribution in [0.25, 0.3) is 0 Å². The van der Waals surface area contributed by atoms with Gasteiger partial charge in [-0.15, -0.1) is 0 Å². The summed E-state index contributed by atoms with van der Waals surface area (Å²) in [5.74, 6) is 0.234. The van der Waals surface area contributed by atoms with Crippen molar-refractivity contribution in [2.75, 3.05) is 13.2 Å². The van der Waals surface area contributed by atoms with Crippen LogP contribution in [-0.4, -0.2) is 30.6 Å². The second kappa shape index (κ2) is 4.98. The molecule has 0 amide bonds. The smallest absolute Gasteiger partial charge is 0.389 e. The molecule has 5 heteroatoms. The first-order chi connectivity index (χ1) is 6.47. The van der Waals surface area contributed by atoms with Crippen LogP contribution in [0, 0.1) is 5.92 Å². The predicted octanol–water partition coefficient (Wildman–Crippen LogP) is 2.12. The van der Waals surface area contributed by atoms with E-state index in [1.807, 2.05) is 0 Å². The quantitative estimate of drug-likeness (QED) is 0.773. The van der Waals surface area contributed by atoms with Gasteiger partial charge in [-0.2, -0.15) is 13.2 Å². The minimum Gasteiger partial charge on any atom is -0.393 e. The molecule has 84 valence electrons. The Morgan fingerprint density at radius 1 is 1.43 bits per heavy atom. The van der Waals surface area contributed by atoms with Crippen LogP contribution in [0.5, 0.6) is 0 Å². The maximum absolute atomic E-state index is 11.8. The Kier molecular flexibility index (Phi) is 4.19. The van der Waals surface area contributed by atoms with Crippen molar-refractivity contribution in [2.24, 2.45) is 5.92 Å². The molecule has 0 aliphatic carbocycles. The SMILES string of the molecule is OC(CCC(F)(F)F)CC1CCOC1. The van der Waals surface area contributed by atoms with Crippen molar-refractivity contribution in [1.82, 2.24) is 0 Å². The minimum atomic E-state index is -4.16. The molecule has 2 nitrogen and oxygen atoms in total. The lowest BCUT2D eigenvalue weighted by atomic mass is 9.98. The van der Waals surface area contributed by atoms with E-state index >= 15 is 0 Å². The fourth-order valence-corrected chi connectivity index (χ4v) is 1.60. The summed E-state index contributed by atoms with van der Waals surface area (Å²) < 4.78 is 40.5. The van der Waals surface area contributed by atoms with Gasteiger partial charge in [0.2, 0.25) is 0 Å². The van der Waals surface area contributed by atoms with Gasteiger partial charge in [0.15, 0.2) is 0 Å². The summed E-state index contributed by atoms with van der Waals surface area (Å²) in [6.07, 6.45) is -4.82. The Morgan fingerprint density at radius 3 is 2.64 bits per heavy atom. The first kappa shape index (κ1) is 11.8. The summed E-state index contributed by atoms with van der Waals surface area (Å²) in [5.41, 5.74) is 0. The van der Waals surface area contributed by atoms with Crippen molar-refractivity contribution in [3.63, 3.8) is 0 Å². The highest BCUT2D eigenvalue weighted by atomic mass is 19.4. The lowest BCUT2D eigenvalue weighted by molar-refractivity contribution is -0.140. The van der Waals surface area contributed by atoms with Crippen LogP contribution in [0.4, 0.5) is 13.2 Å². The third-order valence-electron chi connectivity index (χ3n) is 2.39. The van der Waals surface area contributed by atoms with Crippen LogP contribution < -0.4 is 0 Å². The summed E-state index contributed by atoms with van der Waals surface area (Å²) in [6, 6.07) is 0. The molecule has 0 spiro atoms. The molecule has 2 atom stereocenters. The van der Waals surface area contributed by atoms with Gasteiger partial charge in [0, 0.05) is 19.6 Å². The number of halogens is 3. The van der Waals surface area contributed by atoms with E-state index in [9.17, 15) is 18.3 Å². The molecule has 1 fully saturated rings. The zero-order valence-corrected chi connectivity index (χ0v) is 7.89. The zero-order chi connectivity index (χ0) is 10.6. The van der Waals surface area contributed by atoms with Crippen LogP contribution in [0.3, 0.4) is 0 Å². The van der Waals surface area contributed by atoms with Gasteiger partial charge < -0.3 is 9.84 Å². The fraction of sp³-hybridized carbons (Fsp3) is 1.00.